The highest BCUT2D eigenvalue weighted by atomic mass is 19.1. The molecule has 3 aromatic carbocycles. The van der Waals surface area contributed by atoms with Crippen LogP contribution < -0.4 is 10.1 Å². The molecule has 0 spiro atoms. The number of furan rings is 1. The van der Waals surface area contributed by atoms with E-state index in [2.05, 4.69) is 5.32 Å². The van der Waals surface area contributed by atoms with E-state index in [4.69, 9.17) is 9.15 Å². The lowest BCUT2D eigenvalue weighted by Crippen LogP contribution is -2.20. The smallest absolute Gasteiger partial charge is 0.262 e. The summed E-state index contributed by atoms with van der Waals surface area (Å²) in [5.74, 6) is -2.22. The lowest BCUT2D eigenvalue weighted by atomic mass is 10.1. The minimum atomic E-state index is -0.860. The maximum atomic E-state index is 13.5. The number of fused-ring (bicyclic) bond motifs is 3. The number of amides is 1. The van der Waals surface area contributed by atoms with Crippen LogP contribution >= 0.6 is 0 Å². The summed E-state index contributed by atoms with van der Waals surface area (Å²) < 4.78 is 37.2. The van der Waals surface area contributed by atoms with Crippen LogP contribution in [-0.2, 0) is 4.79 Å². The number of para-hydroxylation sites is 1. The van der Waals surface area contributed by atoms with Crippen LogP contribution in [0.4, 0.5) is 14.5 Å². The van der Waals surface area contributed by atoms with E-state index in [0.29, 0.717) is 17.3 Å². The lowest BCUT2D eigenvalue weighted by Gasteiger charge is -2.08. The Morgan fingerprint density at radius 2 is 1.77 bits per heavy atom. The standard InChI is InChI=1S/C20H13F2NO3/c21-12-5-8-18(16(22)9-12)25-11-20(24)23-13-6-7-15-14-3-1-2-4-17(14)26-19(15)10-13/h1-10H,11H2,(H,23,24). The van der Waals surface area contributed by atoms with Gasteiger partial charge in [0.2, 0.25) is 0 Å². The second kappa shape index (κ2) is 6.48. The molecule has 6 heteroatoms. The summed E-state index contributed by atoms with van der Waals surface area (Å²) in [7, 11) is 0. The summed E-state index contributed by atoms with van der Waals surface area (Å²) in [4.78, 5) is 12.0. The Balaban J connectivity index is 1.47. The van der Waals surface area contributed by atoms with Gasteiger partial charge in [-0.15, -0.1) is 0 Å². The van der Waals surface area contributed by atoms with Crippen molar-refractivity contribution in [1.29, 1.82) is 0 Å². The molecule has 0 saturated heterocycles. The van der Waals surface area contributed by atoms with Gasteiger partial charge in [0.1, 0.15) is 17.0 Å². The summed E-state index contributed by atoms with van der Waals surface area (Å²) in [5.41, 5.74) is 1.94. The van der Waals surface area contributed by atoms with Gasteiger partial charge in [-0.1, -0.05) is 18.2 Å². The molecule has 1 N–H and O–H groups in total. The summed E-state index contributed by atoms with van der Waals surface area (Å²) in [6, 6.07) is 15.9. The fourth-order valence-electron chi connectivity index (χ4n) is 2.74. The monoisotopic (exact) mass is 353 g/mol. The van der Waals surface area contributed by atoms with Crippen molar-refractivity contribution >= 4 is 33.5 Å². The Bertz CT molecular complexity index is 1120. The van der Waals surface area contributed by atoms with E-state index in [9.17, 15) is 13.6 Å². The third-order valence-electron chi connectivity index (χ3n) is 3.92. The third kappa shape index (κ3) is 3.09. The number of hydrogen-bond acceptors (Lipinski definition) is 3. The summed E-state index contributed by atoms with van der Waals surface area (Å²) in [5, 5.41) is 4.60. The summed E-state index contributed by atoms with van der Waals surface area (Å²) in [6.45, 7) is -0.402. The van der Waals surface area contributed by atoms with E-state index in [1.165, 1.54) is 0 Å². The van der Waals surface area contributed by atoms with Crippen LogP contribution in [-0.4, -0.2) is 12.5 Å². The molecule has 26 heavy (non-hydrogen) atoms. The number of anilines is 1. The van der Waals surface area contributed by atoms with Crippen LogP contribution in [0.25, 0.3) is 21.9 Å². The molecular weight excluding hydrogens is 340 g/mol. The molecule has 0 radical (unpaired) electrons. The average Bonchev–Trinajstić information content (AvgIpc) is 2.98. The number of benzene rings is 3. The van der Waals surface area contributed by atoms with Crippen molar-refractivity contribution in [3.63, 3.8) is 0 Å². The number of hydrogen-bond donors (Lipinski definition) is 1. The molecule has 4 aromatic rings. The molecule has 1 heterocycles. The van der Waals surface area contributed by atoms with Gasteiger partial charge in [0.05, 0.1) is 0 Å². The molecule has 0 aliphatic carbocycles. The number of nitrogens with one attached hydrogen (secondary N) is 1. The highest BCUT2D eigenvalue weighted by molar-refractivity contribution is 6.06. The largest absolute Gasteiger partial charge is 0.481 e. The summed E-state index contributed by atoms with van der Waals surface area (Å²) >= 11 is 0. The van der Waals surface area contributed by atoms with Gasteiger partial charge in [0, 0.05) is 28.6 Å². The molecule has 1 aromatic heterocycles. The zero-order chi connectivity index (χ0) is 18.1. The van der Waals surface area contributed by atoms with Crippen LogP contribution in [0.5, 0.6) is 5.75 Å². The van der Waals surface area contributed by atoms with Crippen LogP contribution in [0.1, 0.15) is 0 Å². The molecule has 0 fully saturated rings. The highest BCUT2D eigenvalue weighted by Gasteiger charge is 2.10. The van der Waals surface area contributed by atoms with Crippen LogP contribution in [0, 0.1) is 11.6 Å². The number of carbonyl (C=O) groups excluding carboxylic acids is 1. The molecule has 4 nitrogen and oxygen atoms in total. The van der Waals surface area contributed by atoms with E-state index in [1.54, 1.807) is 12.1 Å². The fraction of sp³-hybridized carbons (Fsp3) is 0.0500. The molecule has 0 saturated carbocycles. The quantitative estimate of drug-likeness (QED) is 0.569. The maximum absolute atomic E-state index is 13.5. The Morgan fingerprint density at radius 1 is 0.962 bits per heavy atom. The van der Waals surface area contributed by atoms with Crippen molar-refractivity contribution in [3.8, 4) is 5.75 Å². The second-order valence-electron chi connectivity index (χ2n) is 5.72. The zero-order valence-electron chi connectivity index (χ0n) is 13.5. The van der Waals surface area contributed by atoms with E-state index in [-0.39, 0.29) is 5.75 Å². The Labute approximate surface area is 147 Å². The van der Waals surface area contributed by atoms with E-state index in [0.717, 1.165) is 28.5 Å². The molecule has 0 unspecified atom stereocenters. The fourth-order valence-corrected chi connectivity index (χ4v) is 2.74. The third-order valence-corrected chi connectivity index (χ3v) is 3.92. The van der Waals surface area contributed by atoms with Gasteiger partial charge in [-0.25, -0.2) is 8.78 Å². The van der Waals surface area contributed by atoms with Gasteiger partial charge < -0.3 is 14.5 Å². The molecule has 4 rings (SSSR count). The number of carbonyl (C=O) groups is 1. The minimum Gasteiger partial charge on any atom is -0.481 e. The van der Waals surface area contributed by atoms with Crippen molar-refractivity contribution in [2.45, 2.75) is 0 Å². The first-order valence-corrected chi connectivity index (χ1v) is 7.89. The van der Waals surface area contributed by atoms with Gasteiger partial charge in [-0.3, -0.25) is 4.79 Å². The first-order chi connectivity index (χ1) is 12.6. The van der Waals surface area contributed by atoms with Crippen LogP contribution in [0.15, 0.2) is 65.1 Å². The van der Waals surface area contributed by atoms with Gasteiger partial charge in [0.15, 0.2) is 18.2 Å². The van der Waals surface area contributed by atoms with Crippen molar-refractivity contribution in [2.75, 3.05) is 11.9 Å². The van der Waals surface area contributed by atoms with Crippen molar-refractivity contribution in [1.82, 2.24) is 0 Å². The van der Waals surface area contributed by atoms with Crippen molar-refractivity contribution < 1.29 is 22.7 Å². The topological polar surface area (TPSA) is 51.5 Å². The SMILES string of the molecule is O=C(COc1ccc(F)cc1F)Nc1ccc2c(c1)oc1ccccc12. The highest BCUT2D eigenvalue weighted by Crippen LogP contribution is 2.30. The number of ether oxygens (including phenoxy) is 1. The number of halogens is 2. The van der Waals surface area contributed by atoms with Gasteiger partial charge in [-0.05, 0) is 30.3 Å². The van der Waals surface area contributed by atoms with E-state index < -0.39 is 24.1 Å². The first kappa shape index (κ1) is 16.1. The lowest BCUT2D eigenvalue weighted by molar-refractivity contribution is -0.118. The van der Waals surface area contributed by atoms with Crippen LogP contribution in [0.2, 0.25) is 0 Å². The van der Waals surface area contributed by atoms with Gasteiger partial charge >= 0.3 is 0 Å². The number of rotatable bonds is 4. The zero-order valence-corrected chi connectivity index (χ0v) is 13.5. The molecule has 130 valence electrons. The Hall–Kier alpha value is -3.41. The predicted molar refractivity (Wildman–Crippen MR) is 94.2 cm³/mol. The van der Waals surface area contributed by atoms with Crippen molar-refractivity contribution in [2.24, 2.45) is 0 Å². The summed E-state index contributed by atoms with van der Waals surface area (Å²) in [6.07, 6.45) is 0. The molecule has 0 aliphatic heterocycles. The molecular formula is C20H13F2NO3. The maximum Gasteiger partial charge on any atom is 0.262 e. The predicted octanol–water partition coefficient (Wildman–Crippen LogP) is 4.88. The molecule has 0 bridgehead atoms. The van der Waals surface area contributed by atoms with Gasteiger partial charge in [-0.2, -0.15) is 0 Å². The molecule has 0 aliphatic rings. The van der Waals surface area contributed by atoms with E-state index in [1.807, 2.05) is 30.3 Å². The second-order valence-corrected chi connectivity index (χ2v) is 5.72. The normalized spacial score (nSPS) is 11.0. The Kier molecular flexibility index (Phi) is 4.01. The molecule has 0 atom stereocenters. The first-order valence-electron chi connectivity index (χ1n) is 7.89. The average molecular weight is 353 g/mol. The van der Waals surface area contributed by atoms with Crippen LogP contribution in [0.3, 0.4) is 0 Å². The Morgan fingerprint density at radius 3 is 2.62 bits per heavy atom. The molecule has 1 amide bonds. The van der Waals surface area contributed by atoms with Gasteiger partial charge in [0.25, 0.3) is 5.91 Å². The minimum absolute atomic E-state index is 0.186. The van der Waals surface area contributed by atoms with E-state index >= 15 is 0 Å². The van der Waals surface area contributed by atoms with Crippen molar-refractivity contribution in [3.05, 3.63) is 72.3 Å².